The van der Waals surface area contributed by atoms with Crippen molar-refractivity contribution in [3.63, 3.8) is 0 Å². The van der Waals surface area contributed by atoms with Gasteiger partial charge in [-0.3, -0.25) is 0 Å². The van der Waals surface area contributed by atoms with Crippen LogP contribution in [0.15, 0.2) is 30.8 Å². The molecule has 138 valence electrons. The number of alkyl carbamates (subject to hydrolysis) is 1. The van der Waals surface area contributed by atoms with Crippen molar-refractivity contribution in [1.29, 1.82) is 0 Å². The summed E-state index contributed by atoms with van der Waals surface area (Å²) in [6, 6.07) is 6.58. The van der Waals surface area contributed by atoms with Gasteiger partial charge in [0.2, 0.25) is 0 Å². The zero-order valence-electron chi connectivity index (χ0n) is 15.3. The fourth-order valence-electron chi connectivity index (χ4n) is 1.80. The van der Waals surface area contributed by atoms with Gasteiger partial charge < -0.3 is 19.5 Å². The van der Waals surface area contributed by atoms with Crippen molar-refractivity contribution in [3.05, 3.63) is 36.4 Å². The molecule has 0 aliphatic carbocycles. The molecule has 1 aromatic rings. The minimum Gasteiger partial charge on any atom is -0.497 e. The second-order valence-corrected chi connectivity index (χ2v) is 7.30. The standard InChI is InChI=1S/C18H25NO5S/c1-12(13-7-9-14(22-5)10-8-13)25-11-15(16(20)23-6)19-17(21)24-18(2,3)4/h7-10,15H,1,11H2,2-6H3,(H,19,21)/t15-/m0/s1. The summed E-state index contributed by atoms with van der Waals surface area (Å²) in [7, 11) is 2.87. The molecule has 7 heteroatoms. The average Bonchev–Trinajstić information content (AvgIpc) is 2.56. The van der Waals surface area contributed by atoms with E-state index in [1.807, 2.05) is 24.3 Å². The third kappa shape index (κ3) is 7.51. The highest BCUT2D eigenvalue weighted by Gasteiger charge is 2.25. The Hall–Kier alpha value is -2.15. The second kappa shape index (κ2) is 9.36. The zero-order chi connectivity index (χ0) is 19.0. The van der Waals surface area contributed by atoms with E-state index in [4.69, 9.17) is 14.2 Å². The summed E-state index contributed by atoms with van der Waals surface area (Å²) >= 11 is 1.35. The van der Waals surface area contributed by atoms with E-state index in [-0.39, 0.29) is 5.75 Å². The van der Waals surface area contributed by atoms with Crippen LogP contribution in [-0.2, 0) is 14.3 Å². The maximum Gasteiger partial charge on any atom is 0.408 e. The highest BCUT2D eigenvalue weighted by molar-refractivity contribution is 8.08. The first-order valence-electron chi connectivity index (χ1n) is 7.69. The first kappa shape index (κ1) is 20.9. The molecule has 0 bridgehead atoms. The summed E-state index contributed by atoms with van der Waals surface area (Å²) in [6.45, 7) is 9.25. The molecular formula is C18H25NO5S. The molecule has 6 nitrogen and oxygen atoms in total. The predicted molar refractivity (Wildman–Crippen MR) is 99.7 cm³/mol. The maximum atomic E-state index is 11.9. The van der Waals surface area contributed by atoms with Gasteiger partial charge in [0.25, 0.3) is 0 Å². The Bertz CT molecular complexity index is 607. The predicted octanol–water partition coefficient (Wildman–Crippen LogP) is 3.47. The molecule has 0 unspecified atom stereocenters. The van der Waals surface area contributed by atoms with Gasteiger partial charge in [-0.1, -0.05) is 18.7 Å². The molecule has 25 heavy (non-hydrogen) atoms. The minimum absolute atomic E-state index is 0.275. The van der Waals surface area contributed by atoms with E-state index < -0.39 is 23.7 Å². The third-order valence-corrected chi connectivity index (χ3v) is 4.10. The van der Waals surface area contributed by atoms with Crippen LogP contribution >= 0.6 is 11.8 Å². The summed E-state index contributed by atoms with van der Waals surface area (Å²) in [5.41, 5.74) is 0.261. The largest absolute Gasteiger partial charge is 0.497 e. The number of carbonyl (C=O) groups excluding carboxylic acids is 2. The van der Waals surface area contributed by atoms with Crippen molar-refractivity contribution in [2.45, 2.75) is 32.4 Å². The van der Waals surface area contributed by atoms with Crippen LogP contribution in [-0.4, -0.2) is 43.7 Å². The van der Waals surface area contributed by atoms with Crippen molar-refractivity contribution in [3.8, 4) is 5.75 Å². The number of ether oxygens (including phenoxy) is 3. The molecule has 0 heterocycles. The first-order valence-corrected chi connectivity index (χ1v) is 8.68. The number of thioether (sulfide) groups is 1. The van der Waals surface area contributed by atoms with E-state index in [0.717, 1.165) is 16.2 Å². The molecule has 0 fully saturated rings. The Morgan fingerprint density at radius 1 is 1.20 bits per heavy atom. The lowest BCUT2D eigenvalue weighted by Gasteiger charge is -2.22. The lowest BCUT2D eigenvalue weighted by atomic mass is 10.2. The average molecular weight is 367 g/mol. The number of esters is 1. The van der Waals surface area contributed by atoms with Crippen molar-refractivity contribution >= 4 is 28.7 Å². The quantitative estimate of drug-likeness (QED) is 0.744. The summed E-state index contributed by atoms with van der Waals surface area (Å²) in [6.07, 6.45) is -0.668. The topological polar surface area (TPSA) is 73.9 Å². The number of rotatable bonds is 7. The SMILES string of the molecule is C=C(SC[C@H](NC(=O)OC(C)(C)C)C(=O)OC)c1ccc(OC)cc1. The molecular weight excluding hydrogens is 342 g/mol. The number of carbonyl (C=O) groups is 2. The highest BCUT2D eigenvalue weighted by Crippen LogP contribution is 2.27. The summed E-state index contributed by atoms with van der Waals surface area (Å²) in [4.78, 5) is 24.5. The lowest BCUT2D eigenvalue weighted by Crippen LogP contribution is -2.45. The lowest BCUT2D eigenvalue weighted by molar-refractivity contribution is -0.142. The van der Waals surface area contributed by atoms with Gasteiger partial charge in [0, 0.05) is 10.7 Å². The first-order chi connectivity index (χ1) is 11.7. The fraction of sp³-hybridized carbons (Fsp3) is 0.444. The Morgan fingerprint density at radius 2 is 1.80 bits per heavy atom. The number of hydrogen-bond acceptors (Lipinski definition) is 6. The van der Waals surface area contributed by atoms with Crippen LogP contribution in [0, 0.1) is 0 Å². The number of methoxy groups -OCH3 is 2. The Labute approximate surface area is 152 Å². The van der Waals surface area contributed by atoms with Gasteiger partial charge in [-0.05, 0) is 38.5 Å². The molecule has 1 rings (SSSR count). The third-order valence-electron chi connectivity index (χ3n) is 3.01. The molecule has 0 aliphatic rings. The fourth-order valence-corrected chi connectivity index (χ4v) is 2.69. The molecule has 1 atom stereocenters. The van der Waals surface area contributed by atoms with E-state index in [2.05, 4.69) is 11.9 Å². The molecule has 0 aromatic heterocycles. The molecule has 1 aromatic carbocycles. The molecule has 0 aliphatic heterocycles. The summed E-state index contributed by atoms with van der Waals surface area (Å²) in [5, 5.41) is 2.53. The van der Waals surface area contributed by atoms with Gasteiger partial charge in [-0.15, -0.1) is 11.8 Å². The van der Waals surface area contributed by atoms with Gasteiger partial charge >= 0.3 is 12.1 Å². The second-order valence-electron chi connectivity index (χ2n) is 6.18. The number of hydrogen-bond donors (Lipinski definition) is 1. The Balaban J connectivity index is 2.67. The van der Waals surface area contributed by atoms with Crippen LogP contribution in [0.3, 0.4) is 0 Å². The van der Waals surface area contributed by atoms with Crippen molar-refractivity contribution in [1.82, 2.24) is 5.32 Å². The molecule has 1 amide bonds. The van der Waals surface area contributed by atoms with Crippen LogP contribution in [0.25, 0.3) is 4.91 Å². The minimum atomic E-state index is -0.833. The number of benzene rings is 1. The van der Waals surface area contributed by atoms with Crippen molar-refractivity contribution < 1.29 is 23.8 Å². The molecule has 0 spiro atoms. The van der Waals surface area contributed by atoms with E-state index in [0.29, 0.717) is 0 Å². The van der Waals surface area contributed by atoms with Crippen LogP contribution < -0.4 is 10.1 Å². The van der Waals surface area contributed by atoms with Crippen molar-refractivity contribution in [2.24, 2.45) is 0 Å². The Morgan fingerprint density at radius 3 is 2.28 bits per heavy atom. The summed E-state index contributed by atoms with van der Waals surface area (Å²) in [5.74, 6) is 0.484. The Kier molecular flexibility index (Phi) is 7.83. The van der Waals surface area contributed by atoms with Gasteiger partial charge in [0.05, 0.1) is 14.2 Å². The maximum absolute atomic E-state index is 11.9. The van der Waals surface area contributed by atoms with Gasteiger partial charge in [0.1, 0.15) is 17.4 Å². The number of nitrogens with one attached hydrogen (secondary N) is 1. The monoisotopic (exact) mass is 367 g/mol. The zero-order valence-corrected chi connectivity index (χ0v) is 16.1. The number of amides is 1. The van der Waals surface area contributed by atoms with Gasteiger partial charge in [0.15, 0.2) is 0 Å². The van der Waals surface area contributed by atoms with Crippen LogP contribution in [0.5, 0.6) is 5.75 Å². The van der Waals surface area contributed by atoms with E-state index >= 15 is 0 Å². The van der Waals surface area contributed by atoms with Gasteiger partial charge in [-0.25, -0.2) is 9.59 Å². The normalized spacial score (nSPS) is 12.0. The van der Waals surface area contributed by atoms with Crippen molar-refractivity contribution in [2.75, 3.05) is 20.0 Å². The highest BCUT2D eigenvalue weighted by atomic mass is 32.2. The van der Waals surface area contributed by atoms with E-state index in [9.17, 15) is 9.59 Å². The van der Waals surface area contributed by atoms with E-state index in [1.165, 1.54) is 18.9 Å². The molecule has 0 radical (unpaired) electrons. The summed E-state index contributed by atoms with van der Waals surface area (Å²) < 4.78 is 15.0. The molecule has 1 N–H and O–H groups in total. The van der Waals surface area contributed by atoms with Crippen LogP contribution in [0.4, 0.5) is 4.79 Å². The smallest absolute Gasteiger partial charge is 0.408 e. The van der Waals surface area contributed by atoms with Crippen LogP contribution in [0.1, 0.15) is 26.3 Å². The molecule has 0 saturated carbocycles. The van der Waals surface area contributed by atoms with E-state index in [1.54, 1.807) is 27.9 Å². The van der Waals surface area contributed by atoms with Gasteiger partial charge in [-0.2, -0.15) is 0 Å². The van der Waals surface area contributed by atoms with Crippen LogP contribution in [0.2, 0.25) is 0 Å². The molecule has 0 saturated heterocycles.